The Labute approximate surface area is 125 Å². The summed E-state index contributed by atoms with van der Waals surface area (Å²) in [7, 11) is 1.66. The first-order valence-electron chi connectivity index (χ1n) is 6.88. The van der Waals surface area contributed by atoms with E-state index in [0.717, 1.165) is 34.5 Å². The van der Waals surface area contributed by atoms with Crippen molar-refractivity contribution in [1.82, 2.24) is 0 Å². The normalized spacial score (nSPS) is 10.3. The maximum Gasteiger partial charge on any atom is 0.150 e. The quantitative estimate of drug-likeness (QED) is 0.778. The van der Waals surface area contributed by atoms with E-state index >= 15 is 0 Å². The molecule has 0 saturated carbocycles. The monoisotopic (exact) mass is 284 g/mol. The van der Waals surface area contributed by atoms with Crippen LogP contribution in [0, 0.1) is 20.8 Å². The van der Waals surface area contributed by atoms with Crippen LogP contribution >= 0.6 is 0 Å². The van der Waals surface area contributed by atoms with Gasteiger partial charge in [0, 0.05) is 11.1 Å². The van der Waals surface area contributed by atoms with Gasteiger partial charge in [-0.05, 0) is 56.2 Å². The van der Waals surface area contributed by atoms with E-state index in [1.165, 1.54) is 5.56 Å². The molecule has 0 heterocycles. The van der Waals surface area contributed by atoms with Crippen molar-refractivity contribution in [2.45, 2.75) is 27.4 Å². The highest BCUT2D eigenvalue weighted by Crippen LogP contribution is 2.27. The van der Waals surface area contributed by atoms with Crippen molar-refractivity contribution < 1.29 is 14.3 Å². The Morgan fingerprint density at radius 3 is 2.29 bits per heavy atom. The number of aryl methyl sites for hydroxylation is 3. The molecule has 110 valence electrons. The predicted molar refractivity (Wildman–Crippen MR) is 83.4 cm³/mol. The molecule has 0 radical (unpaired) electrons. The number of methoxy groups -OCH3 is 1. The van der Waals surface area contributed by atoms with Crippen molar-refractivity contribution in [3.05, 3.63) is 58.1 Å². The SMILES string of the molecule is COc1ccc(C)cc1COc1c(C)cc(C=O)cc1C. The fourth-order valence-electron chi connectivity index (χ4n) is 2.45. The number of aldehydes is 1. The maximum atomic E-state index is 10.9. The fraction of sp³-hybridized carbons (Fsp3) is 0.278. The van der Waals surface area contributed by atoms with Gasteiger partial charge in [-0.3, -0.25) is 4.79 Å². The molecule has 0 aromatic heterocycles. The number of hydrogen-bond donors (Lipinski definition) is 0. The zero-order chi connectivity index (χ0) is 15.4. The number of rotatable bonds is 5. The van der Waals surface area contributed by atoms with Crippen molar-refractivity contribution in [3.63, 3.8) is 0 Å². The number of carbonyl (C=O) groups is 1. The van der Waals surface area contributed by atoms with Gasteiger partial charge in [0.2, 0.25) is 0 Å². The maximum absolute atomic E-state index is 10.9. The zero-order valence-electron chi connectivity index (χ0n) is 12.9. The van der Waals surface area contributed by atoms with Gasteiger partial charge in [0.1, 0.15) is 24.4 Å². The van der Waals surface area contributed by atoms with Crippen molar-refractivity contribution in [1.29, 1.82) is 0 Å². The highest BCUT2D eigenvalue weighted by Gasteiger charge is 2.09. The molecule has 0 spiro atoms. The topological polar surface area (TPSA) is 35.5 Å². The van der Waals surface area contributed by atoms with E-state index in [9.17, 15) is 4.79 Å². The largest absolute Gasteiger partial charge is 0.496 e. The van der Waals surface area contributed by atoms with Crippen LogP contribution in [0.1, 0.15) is 32.6 Å². The average molecular weight is 284 g/mol. The highest BCUT2D eigenvalue weighted by atomic mass is 16.5. The summed E-state index contributed by atoms with van der Waals surface area (Å²) in [6.45, 7) is 6.37. The van der Waals surface area contributed by atoms with E-state index < -0.39 is 0 Å². The van der Waals surface area contributed by atoms with Crippen LogP contribution < -0.4 is 9.47 Å². The summed E-state index contributed by atoms with van der Waals surface area (Å²) >= 11 is 0. The third-order valence-corrected chi connectivity index (χ3v) is 3.43. The fourth-order valence-corrected chi connectivity index (χ4v) is 2.45. The summed E-state index contributed by atoms with van der Waals surface area (Å²) in [6, 6.07) is 9.69. The van der Waals surface area contributed by atoms with Crippen molar-refractivity contribution in [2.75, 3.05) is 7.11 Å². The minimum absolute atomic E-state index is 0.437. The molecule has 0 saturated heterocycles. The van der Waals surface area contributed by atoms with Crippen LogP contribution in [0.15, 0.2) is 30.3 Å². The molecule has 0 aliphatic heterocycles. The van der Waals surface area contributed by atoms with E-state index in [4.69, 9.17) is 9.47 Å². The lowest BCUT2D eigenvalue weighted by atomic mass is 10.1. The summed E-state index contributed by atoms with van der Waals surface area (Å²) < 4.78 is 11.3. The second kappa shape index (κ2) is 6.44. The Balaban J connectivity index is 2.24. The number of hydrogen-bond acceptors (Lipinski definition) is 3. The molecule has 0 aliphatic carbocycles. The molecule has 2 aromatic carbocycles. The van der Waals surface area contributed by atoms with Gasteiger partial charge in [0.15, 0.2) is 0 Å². The highest BCUT2D eigenvalue weighted by molar-refractivity contribution is 5.76. The Hall–Kier alpha value is -2.29. The molecule has 2 rings (SSSR count). The molecule has 21 heavy (non-hydrogen) atoms. The van der Waals surface area contributed by atoms with E-state index in [-0.39, 0.29) is 0 Å². The van der Waals surface area contributed by atoms with Gasteiger partial charge in [0.25, 0.3) is 0 Å². The molecule has 0 N–H and O–H groups in total. The van der Waals surface area contributed by atoms with Crippen molar-refractivity contribution in [2.24, 2.45) is 0 Å². The van der Waals surface area contributed by atoms with Crippen LogP contribution in [0.2, 0.25) is 0 Å². The minimum atomic E-state index is 0.437. The van der Waals surface area contributed by atoms with E-state index in [2.05, 4.69) is 6.07 Å². The van der Waals surface area contributed by atoms with Crippen molar-refractivity contribution >= 4 is 6.29 Å². The Morgan fingerprint density at radius 2 is 1.71 bits per heavy atom. The summed E-state index contributed by atoms with van der Waals surface area (Å²) in [4.78, 5) is 10.9. The molecule has 3 nitrogen and oxygen atoms in total. The van der Waals surface area contributed by atoms with Crippen LogP contribution in [0.3, 0.4) is 0 Å². The van der Waals surface area contributed by atoms with Crippen LogP contribution in [0.25, 0.3) is 0 Å². The second-order valence-corrected chi connectivity index (χ2v) is 5.21. The molecule has 2 aromatic rings. The van der Waals surface area contributed by atoms with Gasteiger partial charge >= 0.3 is 0 Å². The van der Waals surface area contributed by atoms with Gasteiger partial charge in [-0.1, -0.05) is 11.6 Å². The third kappa shape index (κ3) is 3.43. The second-order valence-electron chi connectivity index (χ2n) is 5.21. The van der Waals surface area contributed by atoms with Gasteiger partial charge in [-0.25, -0.2) is 0 Å². The standard InChI is InChI=1S/C18H20O3/c1-12-5-6-17(20-4)16(7-12)11-21-18-13(2)8-15(10-19)9-14(18)3/h5-10H,11H2,1-4H3. The summed E-state index contributed by atoms with van der Waals surface area (Å²) in [5.41, 5.74) is 4.77. The molecule has 0 aliphatic rings. The zero-order valence-corrected chi connectivity index (χ0v) is 12.9. The minimum Gasteiger partial charge on any atom is -0.496 e. The smallest absolute Gasteiger partial charge is 0.150 e. The predicted octanol–water partition coefficient (Wildman–Crippen LogP) is 4.01. The Morgan fingerprint density at radius 1 is 1.05 bits per heavy atom. The Bertz CT molecular complexity index is 637. The lowest BCUT2D eigenvalue weighted by molar-refractivity contribution is 0.112. The van der Waals surface area contributed by atoms with Crippen LogP contribution in [-0.4, -0.2) is 13.4 Å². The van der Waals surface area contributed by atoms with Crippen LogP contribution in [-0.2, 0) is 6.61 Å². The Kier molecular flexibility index (Phi) is 4.63. The average Bonchev–Trinajstić information content (AvgIpc) is 2.46. The molecular weight excluding hydrogens is 264 g/mol. The first-order valence-corrected chi connectivity index (χ1v) is 6.88. The molecule has 0 fully saturated rings. The van der Waals surface area contributed by atoms with Gasteiger partial charge < -0.3 is 9.47 Å². The molecule has 0 bridgehead atoms. The first-order chi connectivity index (χ1) is 10.0. The van der Waals surface area contributed by atoms with E-state index in [1.54, 1.807) is 7.11 Å². The molecular formula is C18H20O3. The molecule has 0 atom stereocenters. The summed E-state index contributed by atoms with van der Waals surface area (Å²) in [5, 5.41) is 0. The first kappa shape index (κ1) is 15.1. The lowest BCUT2D eigenvalue weighted by Gasteiger charge is -2.15. The van der Waals surface area contributed by atoms with Gasteiger partial charge in [-0.15, -0.1) is 0 Å². The molecule has 0 amide bonds. The van der Waals surface area contributed by atoms with Crippen molar-refractivity contribution in [3.8, 4) is 11.5 Å². The van der Waals surface area contributed by atoms with E-state index in [1.807, 2.05) is 45.0 Å². The van der Waals surface area contributed by atoms with Crippen LogP contribution in [0.5, 0.6) is 11.5 Å². The number of carbonyl (C=O) groups excluding carboxylic acids is 1. The van der Waals surface area contributed by atoms with Gasteiger partial charge in [-0.2, -0.15) is 0 Å². The molecule has 0 unspecified atom stereocenters. The van der Waals surface area contributed by atoms with Gasteiger partial charge in [0.05, 0.1) is 7.11 Å². The van der Waals surface area contributed by atoms with Crippen LogP contribution in [0.4, 0.5) is 0 Å². The lowest BCUT2D eigenvalue weighted by Crippen LogP contribution is -2.02. The number of benzene rings is 2. The third-order valence-electron chi connectivity index (χ3n) is 3.43. The summed E-state index contributed by atoms with van der Waals surface area (Å²) in [6.07, 6.45) is 0.855. The summed E-state index contributed by atoms with van der Waals surface area (Å²) in [5.74, 6) is 1.64. The number of ether oxygens (including phenoxy) is 2. The molecule has 3 heteroatoms. The van der Waals surface area contributed by atoms with E-state index in [0.29, 0.717) is 12.2 Å².